The molecule has 1 fully saturated rings. The number of nitrogens with zero attached hydrogens (tertiary/aromatic N) is 1. The van der Waals surface area contributed by atoms with E-state index < -0.39 is 0 Å². The zero-order valence-electron chi connectivity index (χ0n) is 12.3. The molecule has 0 aliphatic heterocycles. The predicted molar refractivity (Wildman–Crippen MR) is 83.3 cm³/mol. The van der Waals surface area contributed by atoms with Gasteiger partial charge in [0.15, 0.2) is 0 Å². The third-order valence-electron chi connectivity index (χ3n) is 4.41. The number of carbonyl (C=O) groups is 1. The van der Waals surface area contributed by atoms with Gasteiger partial charge in [-0.15, -0.1) is 0 Å². The molecule has 1 saturated carbocycles. The van der Waals surface area contributed by atoms with Crippen molar-refractivity contribution in [2.24, 2.45) is 0 Å². The van der Waals surface area contributed by atoms with Gasteiger partial charge in [-0.25, -0.2) is 4.98 Å². The summed E-state index contributed by atoms with van der Waals surface area (Å²) in [6, 6.07) is 16.0. The number of hydrogen-bond acceptors (Lipinski definition) is 2. The average Bonchev–Trinajstić information content (AvgIpc) is 2.47. The Morgan fingerprint density at radius 1 is 1.14 bits per heavy atom. The summed E-state index contributed by atoms with van der Waals surface area (Å²) in [6.45, 7) is 2.58. The highest BCUT2D eigenvalue weighted by atomic mass is 16.1. The second-order valence-corrected chi connectivity index (χ2v) is 5.85. The molecule has 0 bridgehead atoms. The topological polar surface area (TPSA) is 42.0 Å². The molecule has 108 valence electrons. The maximum Gasteiger partial charge on any atom is 0.269 e. The van der Waals surface area contributed by atoms with E-state index in [1.54, 1.807) is 6.07 Å². The van der Waals surface area contributed by atoms with Crippen LogP contribution in [0.3, 0.4) is 0 Å². The van der Waals surface area contributed by atoms with Crippen molar-refractivity contribution in [3.05, 3.63) is 65.5 Å². The van der Waals surface area contributed by atoms with E-state index in [-0.39, 0.29) is 11.3 Å². The van der Waals surface area contributed by atoms with Crippen molar-refractivity contribution in [1.82, 2.24) is 10.3 Å². The fourth-order valence-electron chi connectivity index (χ4n) is 2.97. The Hall–Kier alpha value is -2.16. The van der Waals surface area contributed by atoms with Crippen LogP contribution in [0.1, 0.15) is 41.0 Å². The highest BCUT2D eigenvalue weighted by Crippen LogP contribution is 2.43. The van der Waals surface area contributed by atoms with Gasteiger partial charge in [0.05, 0.1) is 0 Å². The molecule has 1 aliphatic carbocycles. The van der Waals surface area contributed by atoms with Gasteiger partial charge in [0.2, 0.25) is 0 Å². The van der Waals surface area contributed by atoms with Gasteiger partial charge in [-0.1, -0.05) is 42.8 Å². The number of carbonyl (C=O) groups excluding carboxylic acids is 1. The third kappa shape index (κ3) is 2.82. The molecule has 0 unspecified atom stereocenters. The lowest BCUT2D eigenvalue weighted by Crippen LogP contribution is -2.45. The highest BCUT2D eigenvalue weighted by molar-refractivity contribution is 5.92. The van der Waals surface area contributed by atoms with Crippen LogP contribution in [0.5, 0.6) is 0 Å². The van der Waals surface area contributed by atoms with Crippen molar-refractivity contribution >= 4 is 5.91 Å². The molecule has 0 radical (unpaired) electrons. The van der Waals surface area contributed by atoms with Crippen LogP contribution in [0.2, 0.25) is 0 Å². The quantitative estimate of drug-likeness (QED) is 0.934. The van der Waals surface area contributed by atoms with Gasteiger partial charge in [0, 0.05) is 17.7 Å². The van der Waals surface area contributed by atoms with Gasteiger partial charge >= 0.3 is 0 Å². The second kappa shape index (κ2) is 5.68. The lowest BCUT2D eigenvalue weighted by molar-refractivity contribution is 0.0922. The molecule has 1 aromatic carbocycles. The van der Waals surface area contributed by atoms with Crippen LogP contribution in [-0.2, 0) is 5.41 Å². The average molecular weight is 280 g/mol. The molecular formula is C18H20N2O. The first kappa shape index (κ1) is 13.8. The summed E-state index contributed by atoms with van der Waals surface area (Å²) < 4.78 is 0. The Morgan fingerprint density at radius 3 is 2.52 bits per heavy atom. The van der Waals surface area contributed by atoms with Crippen LogP contribution in [0, 0.1) is 6.92 Å². The first-order chi connectivity index (χ1) is 10.2. The minimum atomic E-state index is -0.0825. The van der Waals surface area contributed by atoms with E-state index in [0.29, 0.717) is 12.2 Å². The standard InChI is InChI=1S/C18H20N2O/c1-14-7-5-10-16(20-14)17(21)19-13-18(11-6-12-18)15-8-3-2-4-9-15/h2-5,7-10H,6,11-13H2,1H3,(H,19,21). The summed E-state index contributed by atoms with van der Waals surface area (Å²) in [4.78, 5) is 16.5. The fourth-order valence-corrected chi connectivity index (χ4v) is 2.97. The monoisotopic (exact) mass is 280 g/mol. The number of pyridine rings is 1. The predicted octanol–water partition coefficient (Wildman–Crippen LogP) is 3.24. The summed E-state index contributed by atoms with van der Waals surface area (Å²) in [7, 11) is 0. The molecule has 2 aromatic rings. The molecule has 0 atom stereocenters. The van der Waals surface area contributed by atoms with Crippen molar-refractivity contribution in [1.29, 1.82) is 0 Å². The number of aryl methyl sites for hydroxylation is 1. The van der Waals surface area contributed by atoms with Crippen LogP contribution in [0.15, 0.2) is 48.5 Å². The summed E-state index contributed by atoms with van der Waals surface area (Å²) in [5.74, 6) is -0.0825. The van der Waals surface area contributed by atoms with E-state index in [4.69, 9.17) is 0 Å². The third-order valence-corrected chi connectivity index (χ3v) is 4.41. The van der Waals surface area contributed by atoms with Gasteiger partial charge in [-0.3, -0.25) is 4.79 Å². The number of nitrogens with one attached hydrogen (secondary N) is 1. The van der Waals surface area contributed by atoms with Crippen LogP contribution in [0.4, 0.5) is 0 Å². The van der Waals surface area contributed by atoms with Crippen LogP contribution in [0.25, 0.3) is 0 Å². The zero-order chi connectivity index (χ0) is 14.7. The molecule has 1 heterocycles. The van der Waals surface area contributed by atoms with Crippen molar-refractivity contribution in [3.8, 4) is 0 Å². The molecular weight excluding hydrogens is 260 g/mol. The van der Waals surface area contributed by atoms with E-state index in [9.17, 15) is 4.79 Å². The molecule has 21 heavy (non-hydrogen) atoms. The highest BCUT2D eigenvalue weighted by Gasteiger charge is 2.38. The molecule has 0 saturated heterocycles. The Bertz CT molecular complexity index is 633. The number of hydrogen-bond donors (Lipinski definition) is 1. The van der Waals surface area contributed by atoms with Gasteiger partial charge in [0.1, 0.15) is 5.69 Å². The molecule has 3 heteroatoms. The van der Waals surface area contributed by atoms with Crippen molar-refractivity contribution in [2.75, 3.05) is 6.54 Å². The molecule has 0 spiro atoms. The number of rotatable bonds is 4. The van der Waals surface area contributed by atoms with E-state index in [0.717, 1.165) is 18.5 Å². The van der Waals surface area contributed by atoms with Crippen LogP contribution < -0.4 is 5.32 Å². The smallest absolute Gasteiger partial charge is 0.269 e. The number of benzene rings is 1. The molecule has 1 N–H and O–H groups in total. The zero-order valence-corrected chi connectivity index (χ0v) is 12.3. The fraction of sp³-hybridized carbons (Fsp3) is 0.333. The van der Waals surface area contributed by atoms with Crippen molar-refractivity contribution in [3.63, 3.8) is 0 Å². The van der Waals surface area contributed by atoms with Crippen LogP contribution in [-0.4, -0.2) is 17.4 Å². The Labute approximate surface area is 125 Å². The Kier molecular flexibility index (Phi) is 3.74. The summed E-state index contributed by atoms with van der Waals surface area (Å²) in [5, 5.41) is 3.07. The van der Waals surface area contributed by atoms with E-state index in [1.807, 2.05) is 25.1 Å². The van der Waals surface area contributed by atoms with Gasteiger partial charge in [0.25, 0.3) is 5.91 Å². The summed E-state index contributed by atoms with van der Waals surface area (Å²) in [6.07, 6.45) is 3.50. The van der Waals surface area contributed by atoms with E-state index in [1.165, 1.54) is 12.0 Å². The van der Waals surface area contributed by atoms with E-state index in [2.05, 4.69) is 34.6 Å². The van der Waals surface area contributed by atoms with Gasteiger partial charge in [-0.2, -0.15) is 0 Å². The molecule has 1 aromatic heterocycles. The molecule has 1 aliphatic rings. The Morgan fingerprint density at radius 2 is 1.90 bits per heavy atom. The summed E-state index contributed by atoms with van der Waals surface area (Å²) in [5.41, 5.74) is 2.80. The Balaban J connectivity index is 1.70. The van der Waals surface area contributed by atoms with Gasteiger partial charge in [-0.05, 0) is 37.5 Å². The lowest BCUT2D eigenvalue weighted by Gasteiger charge is -2.42. The normalized spacial score (nSPS) is 16.0. The molecule has 3 rings (SSSR count). The van der Waals surface area contributed by atoms with Gasteiger partial charge < -0.3 is 5.32 Å². The number of amides is 1. The second-order valence-electron chi connectivity index (χ2n) is 5.85. The van der Waals surface area contributed by atoms with E-state index >= 15 is 0 Å². The lowest BCUT2D eigenvalue weighted by atomic mass is 9.64. The minimum Gasteiger partial charge on any atom is -0.350 e. The minimum absolute atomic E-state index is 0.0825. The number of aromatic nitrogens is 1. The maximum atomic E-state index is 12.2. The molecule has 3 nitrogen and oxygen atoms in total. The molecule has 1 amide bonds. The maximum absolute atomic E-state index is 12.2. The van der Waals surface area contributed by atoms with Crippen molar-refractivity contribution in [2.45, 2.75) is 31.6 Å². The van der Waals surface area contributed by atoms with Crippen molar-refractivity contribution < 1.29 is 4.79 Å². The SMILES string of the molecule is Cc1cccc(C(=O)NCC2(c3ccccc3)CCC2)n1. The summed E-state index contributed by atoms with van der Waals surface area (Å²) >= 11 is 0. The largest absolute Gasteiger partial charge is 0.350 e. The van der Waals surface area contributed by atoms with Crippen LogP contribution >= 0.6 is 0 Å². The first-order valence-corrected chi connectivity index (χ1v) is 7.47. The first-order valence-electron chi connectivity index (χ1n) is 7.47.